The van der Waals surface area contributed by atoms with Crippen LogP contribution in [-0.2, 0) is 4.74 Å². The number of hydrogen-bond donors (Lipinski definition) is 2. The van der Waals surface area contributed by atoms with Crippen LogP contribution in [0.25, 0.3) is 21.9 Å². The predicted octanol–water partition coefficient (Wildman–Crippen LogP) is 6.72. The number of nitrogens with one attached hydrogen (secondary N) is 2. The Bertz CT molecular complexity index is 1300. The Hall–Kier alpha value is -3.86. The van der Waals surface area contributed by atoms with Crippen molar-refractivity contribution in [2.75, 3.05) is 17.2 Å². The zero-order chi connectivity index (χ0) is 22.9. The Morgan fingerprint density at radius 1 is 1.00 bits per heavy atom. The van der Waals surface area contributed by atoms with Crippen LogP contribution in [0.4, 0.5) is 16.2 Å². The number of aromatic nitrogens is 1. The number of fused-ring (bicyclic) bond motifs is 4. The number of hydrogen-bond acceptors (Lipinski definition) is 4. The Morgan fingerprint density at radius 3 is 2.33 bits per heavy atom. The number of pyridine rings is 1. The highest BCUT2D eigenvalue weighted by molar-refractivity contribution is 6.06. The van der Waals surface area contributed by atoms with Crippen molar-refractivity contribution in [3.63, 3.8) is 0 Å². The van der Waals surface area contributed by atoms with E-state index in [0.717, 1.165) is 27.7 Å². The first-order valence-corrected chi connectivity index (χ1v) is 11.3. The maximum atomic E-state index is 12.9. The van der Waals surface area contributed by atoms with Gasteiger partial charge in [0, 0.05) is 40.8 Å². The summed E-state index contributed by atoms with van der Waals surface area (Å²) in [4.78, 5) is 17.2. The van der Waals surface area contributed by atoms with Gasteiger partial charge in [0.05, 0.1) is 5.69 Å². The van der Waals surface area contributed by atoms with Crippen LogP contribution in [0, 0.1) is 6.92 Å². The average Bonchev–Trinajstić information content (AvgIpc) is 3.14. The number of carbonyl (C=O) groups is 1. The lowest BCUT2D eigenvalue weighted by atomic mass is 9.98. The molecule has 2 N–H and O–H groups in total. The van der Waals surface area contributed by atoms with Crippen molar-refractivity contribution < 1.29 is 9.53 Å². The van der Waals surface area contributed by atoms with Gasteiger partial charge in [-0.2, -0.15) is 0 Å². The second-order valence-corrected chi connectivity index (χ2v) is 8.79. The summed E-state index contributed by atoms with van der Waals surface area (Å²) in [5.41, 5.74) is 7.54. The molecule has 3 aromatic carbocycles. The van der Waals surface area contributed by atoms with Crippen molar-refractivity contribution in [2.24, 2.45) is 0 Å². The molecule has 0 saturated carbocycles. The number of benzene rings is 3. The van der Waals surface area contributed by atoms with Crippen LogP contribution >= 0.6 is 0 Å². The molecule has 1 heterocycles. The quantitative estimate of drug-likeness (QED) is 0.364. The van der Waals surface area contributed by atoms with E-state index in [1.54, 1.807) is 6.20 Å². The second-order valence-electron chi connectivity index (χ2n) is 8.79. The maximum absolute atomic E-state index is 12.9. The van der Waals surface area contributed by atoms with Gasteiger partial charge in [-0.15, -0.1) is 0 Å². The Labute approximate surface area is 193 Å². The Kier molecular flexibility index (Phi) is 5.47. The van der Waals surface area contributed by atoms with Gasteiger partial charge in [0.25, 0.3) is 0 Å². The van der Waals surface area contributed by atoms with E-state index in [9.17, 15) is 4.79 Å². The monoisotopic (exact) mass is 437 g/mol. The van der Waals surface area contributed by atoms with Crippen LogP contribution in [0.2, 0.25) is 0 Å². The first kappa shape index (κ1) is 21.0. The third-order valence-corrected chi connectivity index (χ3v) is 6.15. The number of nitrogens with zero attached hydrogens (tertiary/aromatic N) is 1. The predicted molar refractivity (Wildman–Crippen MR) is 134 cm³/mol. The number of carbonyl (C=O) groups excluding carboxylic acids is 1. The lowest BCUT2D eigenvalue weighted by molar-refractivity contribution is 0.158. The van der Waals surface area contributed by atoms with Gasteiger partial charge in [-0.05, 0) is 60.7 Å². The molecule has 1 amide bonds. The van der Waals surface area contributed by atoms with Gasteiger partial charge in [-0.25, -0.2) is 4.79 Å². The first-order chi connectivity index (χ1) is 16.0. The number of aryl methyl sites for hydroxylation is 1. The Balaban J connectivity index is 1.38. The molecule has 4 aromatic rings. The van der Waals surface area contributed by atoms with Crippen LogP contribution in [-0.4, -0.2) is 23.7 Å². The highest BCUT2D eigenvalue weighted by Gasteiger charge is 2.29. The van der Waals surface area contributed by atoms with E-state index in [4.69, 9.17) is 4.74 Å². The van der Waals surface area contributed by atoms with E-state index in [1.165, 1.54) is 22.3 Å². The zero-order valence-corrected chi connectivity index (χ0v) is 19.1. The molecular formula is C28H27N3O2. The summed E-state index contributed by atoms with van der Waals surface area (Å²) in [7, 11) is 0. The van der Waals surface area contributed by atoms with Crippen LogP contribution in [0.15, 0.2) is 73.1 Å². The van der Waals surface area contributed by atoms with E-state index in [2.05, 4.69) is 53.7 Å². The number of anilines is 2. The summed E-state index contributed by atoms with van der Waals surface area (Å²) in [6.45, 7) is 6.47. The van der Waals surface area contributed by atoms with Crippen molar-refractivity contribution in [3.8, 4) is 11.1 Å². The first-order valence-electron chi connectivity index (χ1n) is 11.3. The van der Waals surface area contributed by atoms with Gasteiger partial charge in [-0.1, -0.05) is 48.5 Å². The second kappa shape index (κ2) is 8.58. The molecule has 5 rings (SSSR count). The molecular weight excluding hydrogens is 410 g/mol. The normalized spacial score (nSPS) is 12.5. The zero-order valence-electron chi connectivity index (χ0n) is 19.1. The largest absolute Gasteiger partial charge is 0.448 e. The van der Waals surface area contributed by atoms with E-state index >= 15 is 0 Å². The molecule has 33 heavy (non-hydrogen) atoms. The molecule has 0 atom stereocenters. The summed E-state index contributed by atoms with van der Waals surface area (Å²) >= 11 is 0. The van der Waals surface area contributed by atoms with Crippen molar-refractivity contribution in [1.29, 1.82) is 0 Å². The van der Waals surface area contributed by atoms with E-state index in [0.29, 0.717) is 0 Å². The molecule has 1 aliphatic rings. The van der Waals surface area contributed by atoms with Crippen molar-refractivity contribution in [3.05, 3.63) is 89.7 Å². The van der Waals surface area contributed by atoms with Gasteiger partial charge in [0.1, 0.15) is 6.61 Å². The number of ether oxygens (including phenoxy) is 1. The third kappa shape index (κ3) is 3.91. The molecule has 0 aliphatic heterocycles. The minimum atomic E-state index is -0.456. The SMILES string of the molecule is Cc1cc(NC(C)C)c2cnccc2c1NC(=O)OCC1c2ccccc2-c2ccccc21. The minimum absolute atomic E-state index is 0.0304. The number of amides is 1. The summed E-state index contributed by atoms with van der Waals surface area (Å²) in [6.07, 6.45) is 3.11. The molecule has 1 aliphatic carbocycles. The minimum Gasteiger partial charge on any atom is -0.448 e. The number of rotatable bonds is 5. The van der Waals surface area contributed by atoms with Crippen LogP contribution in [0.5, 0.6) is 0 Å². The summed E-state index contributed by atoms with van der Waals surface area (Å²) in [5, 5.41) is 8.35. The fourth-order valence-electron chi connectivity index (χ4n) is 4.74. The molecule has 0 radical (unpaired) electrons. The van der Waals surface area contributed by atoms with Crippen molar-refractivity contribution >= 4 is 28.2 Å². The standard InChI is InChI=1S/C28H27N3O2/c1-17(2)30-26-14-18(3)27(23-12-13-29-15-24(23)26)31-28(32)33-16-25-21-10-6-4-8-19(21)20-9-5-7-11-22(20)25/h4-15,17,25,30H,16H2,1-3H3,(H,31,32). The van der Waals surface area contributed by atoms with E-state index < -0.39 is 6.09 Å². The smallest absolute Gasteiger partial charge is 0.411 e. The molecule has 0 saturated heterocycles. The summed E-state index contributed by atoms with van der Waals surface area (Å²) < 4.78 is 5.76. The van der Waals surface area contributed by atoms with Crippen molar-refractivity contribution in [1.82, 2.24) is 4.98 Å². The third-order valence-electron chi connectivity index (χ3n) is 6.15. The highest BCUT2D eigenvalue weighted by Crippen LogP contribution is 2.44. The van der Waals surface area contributed by atoms with Gasteiger partial charge in [0.2, 0.25) is 0 Å². The fourth-order valence-corrected chi connectivity index (χ4v) is 4.74. The van der Waals surface area contributed by atoms with Gasteiger partial charge in [0.15, 0.2) is 0 Å². The van der Waals surface area contributed by atoms with Crippen LogP contribution < -0.4 is 10.6 Å². The van der Waals surface area contributed by atoms with Crippen LogP contribution in [0.1, 0.15) is 36.5 Å². The molecule has 0 bridgehead atoms. The lowest BCUT2D eigenvalue weighted by Crippen LogP contribution is -2.19. The average molecular weight is 438 g/mol. The van der Waals surface area contributed by atoms with Gasteiger partial charge < -0.3 is 10.1 Å². The molecule has 1 aromatic heterocycles. The Morgan fingerprint density at radius 2 is 1.67 bits per heavy atom. The highest BCUT2D eigenvalue weighted by atomic mass is 16.5. The summed E-state index contributed by atoms with van der Waals surface area (Å²) in [6, 6.07) is 20.9. The molecule has 5 heteroatoms. The molecule has 0 spiro atoms. The van der Waals surface area contributed by atoms with E-state index in [-0.39, 0.29) is 18.6 Å². The fraction of sp³-hybridized carbons (Fsp3) is 0.214. The van der Waals surface area contributed by atoms with Crippen LogP contribution in [0.3, 0.4) is 0 Å². The molecule has 5 nitrogen and oxygen atoms in total. The van der Waals surface area contributed by atoms with Gasteiger partial charge in [-0.3, -0.25) is 10.3 Å². The summed E-state index contributed by atoms with van der Waals surface area (Å²) in [5.74, 6) is 0.0304. The molecule has 0 unspecified atom stereocenters. The van der Waals surface area contributed by atoms with Gasteiger partial charge >= 0.3 is 6.09 Å². The molecule has 166 valence electrons. The van der Waals surface area contributed by atoms with E-state index in [1.807, 2.05) is 49.5 Å². The van der Waals surface area contributed by atoms with Crippen molar-refractivity contribution in [2.45, 2.75) is 32.7 Å². The topological polar surface area (TPSA) is 63.2 Å². The maximum Gasteiger partial charge on any atom is 0.411 e. The molecule has 0 fully saturated rings. The lowest BCUT2D eigenvalue weighted by Gasteiger charge is -2.19.